The molecular weight excluding hydrogens is 190 g/mol. The van der Waals surface area contributed by atoms with E-state index in [9.17, 15) is 0 Å². The van der Waals surface area contributed by atoms with Crippen molar-refractivity contribution < 1.29 is 5.11 Å². The Morgan fingerprint density at radius 2 is 2.13 bits per heavy atom. The molecule has 0 amide bonds. The van der Waals surface area contributed by atoms with E-state index in [0.29, 0.717) is 0 Å². The summed E-state index contributed by atoms with van der Waals surface area (Å²) in [5.74, 6) is 0.955. The number of aromatic amines is 1. The molecule has 4 heteroatoms. The molecule has 0 fully saturated rings. The van der Waals surface area contributed by atoms with Crippen molar-refractivity contribution in [1.82, 2.24) is 15.0 Å². The van der Waals surface area contributed by atoms with Crippen molar-refractivity contribution in [2.75, 3.05) is 6.61 Å². The first-order chi connectivity index (χ1) is 7.29. The number of aromatic nitrogens is 3. The number of fused-ring (bicyclic) bond motifs is 1. The number of aliphatic hydroxyl groups excluding tert-OH is 1. The fourth-order valence-corrected chi connectivity index (χ4v) is 1.56. The van der Waals surface area contributed by atoms with Gasteiger partial charge in [-0.05, 0) is 31.9 Å². The zero-order chi connectivity index (χ0) is 10.7. The second-order valence-electron chi connectivity index (χ2n) is 3.69. The van der Waals surface area contributed by atoms with Gasteiger partial charge in [-0.15, -0.1) is 0 Å². The molecule has 2 aromatic rings. The highest BCUT2D eigenvalue weighted by Crippen LogP contribution is 2.11. The highest BCUT2D eigenvalue weighted by molar-refractivity contribution is 5.70. The molecule has 0 aliphatic rings. The summed E-state index contributed by atoms with van der Waals surface area (Å²) in [5, 5.41) is 8.68. The van der Waals surface area contributed by atoms with Gasteiger partial charge in [0.15, 0.2) is 5.65 Å². The average molecular weight is 205 g/mol. The number of hydrogen-bond donors (Lipinski definition) is 2. The lowest BCUT2D eigenvalue weighted by Gasteiger charge is -1.93. The van der Waals surface area contributed by atoms with E-state index < -0.39 is 0 Å². The van der Waals surface area contributed by atoms with Gasteiger partial charge in [0.1, 0.15) is 5.82 Å². The van der Waals surface area contributed by atoms with E-state index in [2.05, 4.69) is 15.0 Å². The van der Waals surface area contributed by atoms with Gasteiger partial charge >= 0.3 is 0 Å². The van der Waals surface area contributed by atoms with E-state index in [1.54, 1.807) is 0 Å². The van der Waals surface area contributed by atoms with Gasteiger partial charge in [-0.2, -0.15) is 0 Å². The quantitative estimate of drug-likeness (QED) is 0.745. The smallest absolute Gasteiger partial charge is 0.177 e. The van der Waals surface area contributed by atoms with E-state index in [4.69, 9.17) is 5.11 Å². The first-order valence-corrected chi connectivity index (χ1v) is 5.22. The van der Waals surface area contributed by atoms with E-state index in [1.165, 1.54) is 0 Å². The van der Waals surface area contributed by atoms with Crippen LogP contribution in [0.3, 0.4) is 0 Å². The van der Waals surface area contributed by atoms with Crippen molar-refractivity contribution in [2.45, 2.75) is 26.2 Å². The molecule has 0 atom stereocenters. The SMILES string of the molecule is Cc1ccc2[nH]c(CCCCO)nc2n1. The van der Waals surface area contributed by atoms with Gasteiger partial charge in [0.25, 0.3) is 0 Å². The third-order valence-corrected chi connectivity index (χ3v) is 2.36. The van der Waals surface area contributed by atoms with E-state index in [1.807, 2.05) is 19.1 Å². The van der Waals surface area contributed by atoms with Crippen LogP contribution in [0.25, 0.3) is 11.2 Å². The van der Waals surface area contributed by atoms with Crippen molar-refractivity contribution in [3.8, 4) is 0 Å². The molecule has 0 bridgehead atoms. The molecule has 0 aromatic carbocycles. The zero-order valence-corrected chi connectivity index (χ0v) is 8.82. The Kier molecular flexibility index (Phi) is 2.97. The molecule has 2 rings (SSSR count). The Balaban J connectivity index is 2.16. The number of aliphatic hydroxyl groups is 1. The van der Waals surface area contributed by atoms with Crippen LogP contribution in [0.5, 0.6) is 0 Å². The molecule has 15 heavy (non-hydrogen) atoms. The molecule has 4 nitrogen and oxygen atoms in total. The summed E-state index contributed by atoms with van der Waals surface area (Å²) in [4.78, 5) is 12.0. The minimum atomic E-state index is 0.248. The van der Waals surface area contributed by atoms with E-state index in [0.717, 1.165) is 41.9 Å². The highest BCUT2D eigenvalue weighted by atomic mass is 16.2. The van der Waals surface area contributed by atoms with E-state index >= 15 is 0 Å². The molecule has 2 N–H and O–H groups in total. The predicted molar refractivity (Wildman–Crippen MR) is 58.6 cm³/mol. The largest absolute Gasteiger partial charge is 0.396 e. The monoisotopic (exact) mass is 205 g/mol. The van der Waals surface area contributed by atoms with Gasteiger partial charge < -0.3 is 10.1 Å². The Bertz CT molecular complexity index is 450. The lowest BCUT2D eigenvalue weighted by Crippen LogP contribution is -1.90. The number of nitrogens with one attached hydrogen (secondary N) is 1. The Morgan fingerprint density at radius 1 is 1.27 bits per heavy atom. The molecule has 2 aromatic heterocycles. The summed E-state index contributed by atoms with van der Waals surface area (Å²) in [5.41, 5.74) is 2.75. The summed E-state index contributed by atoms with van der Waals surface area (Å²) in [6, 6.07) is 3.97. The number of aryl methyl sites for hydroxylation is 2. The Labute approximate surface area is 88.4 Å². The van der Waals surface area contributed by atoms with Gasteiger partial charge in [0, 0.05) is 18.7 Å². The van der Waals surface area contributed by atoms with Crippen LogP contribution < -0.4 is 0 Å². The van der Waals surface area contributed by atoms with Crippen molar-refractivity contribution in [2.24, 2.45) is 0 Å². The number of nitrogens with zero attached hydrogens (tertiary/aromatic N) is 2. The van der Waals surface area contributed by atoms with Crippen LogP contribution in [-0.4, -0.2) is 26.7 Å². The van der Waals surface area contributed by atoms with Crippen LogP contribution in [0.4, 0.5) is 0 Å². The fraction of sp³-hybridized carbons (Fsp3) is 0.455. The Morgan fingerprint density at radius 3 is 2.93 bits per heavy atom. The summed E-state index contributed by atoms with van der Waals surface area (Å²) >= 11 is 0. The number of hydrogen-bond acceptors (Lipinski definition) is 3. The molecule has 0 aliphatic carbocycles. The molecule has 0 saturated carbocycles. The molecule has 80 valence electrons. The number of rotatable bonds is 4. The first kappa shape index (κ1) is 10.1. The molecule has 2 heterocycles. The maximum Gasteiger partial charge on any atom is 0.177 e. The van der Waals surface area contributed by atoms with E-state index in [-0.39, 0.29) is 6.61 Å². The molecular formula is C11H15N3O. The average Bonchev–Trinajstić information content (AvgIpc) is 2.60. The fourth-order valence-electron chi connectivity index (χ4n) is 1.56. The number of H-pyrrole nitrogens is 1. The lowest BCUT2D eigenvalue weighted by atomic mass is 10.2. The molecule has 0 aliphatic heterocycles. The standard InChI is InChI=1S/C11H15N3O/c1-8-5-6-9-11(12-8)14-10(13-9)4-2-3-7-15/h5-6,15H,2-4,7H2,1H3,(H,12,13,14). The number of imidazole rings is 1. The Hall–Kier alpha value is -1.42. The predicted octanol–water partition coefficient (Wildman–Crippen LogP) is 1.58. The highest BCUT2D eigenvalue weighted by Gasteiger charge is 2.03. The second kappa shape index (κ2) is 4.40. The van der Waals surface area contributed by atoms with Gasteiger partial charge in [-0.3, -0.25) is 0 Å². The minimum absolute atomic E-state index is 0.248. The summed E-state index contributed by atoms with van der Waals surface area (Å²) in [7, 11) is 0. The van der Waals surface area contributed by atoms with Crippen molar-refractivity contribution in [1.29, 1.82) is 0 Å². The molecule has 0 saturated heterocycles. The topological polar surface area (TPSA) is 61.8 Å². The van der Waals surface area contributed by atoms with Crippen LogP contribution in [0.2, 0.25) is 0 Å². The van der Waals surface area contributed by atoms with Crippen LogP contribution in [0.1, 0.15) is 24.4 Å². The maximum atomic E-state index is 8.68. The van der Waals surface area contributed by atoms with Gasteiger partial charge in [0.05, 0.1) is 5.52 Å². The summed E-state index contributed by atoms with van der Waals surface area (Å²) < 4.78 is 0. The van der Waals surface area contributed by atoms with Gasteiger partial charge in [0.2, 0.25) is 0 Å². The minimum Gasteiger partial charge on any atom is -0.396 e. The maximum absolute atomic E-state index is 8.68. The van der Waals surface area contributed by atoms with Crippen molar-refractivity contribution in [3.63, 3.8) is 0 Å². The molecule has 0 unspecified atom stereocenters. The van der Waals surface area contributed by atoms with Crippen molar-refractivity contribution in [3.05, 3.63) is 23.7 Å². The van der Waals surface area contributed by atoms with Crippen LogP contribution in [0, 0.1) is 6.92 Å². The summed E-state index contributed by atoms with van der Waals surface area (Å²) in [6.45, 7) is 2.21. The van der Waals surface area contributed by atoms with Gasteiger partial charge in [-0.25, -0.2) is 9.97 Å². The third-order valence-electron chi connectivity index (χ3n) is 2.36. The normalized spacial score (nSPS) is 11.1. The summed E-state index contributed by atoms with van der Waals surface area (Å²) in [6.07, 6.45) is 2.65. The second-order valence-corrected chi connectivity index (χ2v) is 3.69. The zero-order valence-electron chi connectivity index (χ0n) is 8.82. The lowest BCUT2D eigenvalue weighted by molar-refractivity contribution is 0.284. The van der Waals surface area contributed by atoms with Crippen LogP contribution in [0.15, 0.2) is 12.1 Å². The van der Waals surface area contributed by atoms with Crippen LogP contribution in [-0.2, 0) is 6.42 Å². The van der Waals surface area contributed by atoms with Crippen molar-refractivity contribution >= 4 is 11.2 Å². The van der Waals surface area contributed by atoms with Crippen LogP contribution >= 0.6 is 0 Å². The molecule has 0 spiro atoms. The first-order valence-electron chi connectivity index (χ1n) is 5.22. The van der Waals surface area contributed by atoms with Gasteiger partial charge in [-0.1, -0.05) is 0 Å². The number of unbranched alkanes of at least 4 members (excludes halogenated alkanes) is 1. The third kappa shape index (κ3) is 2.33. The number of pyridine rings is 1. The molecule has 0 radical (unpaired) electrons.